The quantitative estimate of drug-likeness (QED) is 0.413. The average Bonchev–Trinajstić information content (AvgIpc) is 2.23. The molecule has 5 nitrogen and oxygen atoms in total. The van der Waals surface area contributed by atoms with Crippen molar-refractivity contribution >= 4 is 17.7 Å². The first kappa shape index (κ1) is 14.6. The van der Waals surface area contributed by atoms with E-state index >= 15 is 0 Å². The molecule has 1 N–H and O–H groups in total. The molecule has 92 valence electrons. The number of hydrogen-bond donors (Lipinski definition) is 1. The van der Waals surface area contributed by atoms with Gasteiger partial charge in [-0.3, -0.25) is 9.59 Å². The van der Waals surface area contributed by atoms with Gasteiger partial charge in [0.2, 0.25) is 11.7 Å². The van der Waals surface area contributed by atoms with E-state index in [1.54, 1.807) is 0 Å². The second kappa shape index (κ2) is 6.25. The van der Waals surface area contributed by atoms with Gasteiger partial charge in [-0.2, -0.15) is 0 Å². The van der Waals surface area contributed by atoms with Crippen LogP contribution < -0.4 is 5.32 Å². The molecule has 0 spiro atoms. The molecule has 0 aliphatic rings. The maximum Gasteiger partial charge on any atom is 0.374 e. The number of Topliss-reactive ketones (excluding diaryl/α,β-unsaturated/α-hetero) is 1. The van der Waals surface area contributed by atoms with E-state index in [0.29, 0.717) is 0 Å². The Bertz CT molecular complexity index is 284. The number of carbonyl (C=O) groups excluding carboxylic acids is 3. The molecule has 16 heavy (non-hydrogen) atoms. The topological polar surface area (TPSA) is 72.5 Å². The van der Waals surface area contributed by atoms with Gasteiger partial charge in [0.1, 0.15) is 6.61 Å². The molecule has 0 heterocycles. The van der Waals surface area contributed by atoms with Crippen molar-refractivity contribution < 1.29 is 19.1 Å². The van der Waals surface area contributed by atoms with E-state index in [2.05, 4.69) is 10.1 Å². The number of ether oxygens (including phenoxy) is 1. The van der Waals surface area contributed by atoms with Crippen molar-refractivity contribution in [1.82, 2.24) is 5.32 Å². The average molecular weight is 229 g/mol. The van der Waals surface area contributed by atoms with Crippen molar-refractivity contribution in [2.24, 2.45) is 5.41 Å². The monoisotopic (exact) mass is 229 g/mol. The molecule has 0 aliphatic carbocycles. The molecular weight excluding hydrogens is 210 g/mol. The Labute approximate surface area is 95.5 Å². The van der Waals surface area contributed by atoms with Crippen LogP contribution in [0.3, 0.4) is 0 Å². The largest absolute Gasteiger partial charge is 0.458 e. The van der Waals surface area contributed by atoms with Gasteiger partial charge in [-0.25, -0.2) is 4.79 Å². The summed E-state index contributed by atoms with van der Waals surface area (Å²) in [5.74, 6) is -1.60. The van der Waals surface area contributed by atoms with Crippen LogP contribution in [-0.2, 0) is 19.1 Å². The normalized spacial score (nSPS) is 10.8. The van der Waals surface area contributed by atoms with Gasteiger partial charge in [-0.05, 0) is 6.42 Å². The van der Waals surface area contributed by atoms with Gasteiger partial charge in [0.25, 0.3) is 0 Å². The summed E-state index contributed by atoms with van der Waals surface area (Å²) in [5.41, 5.74) is -0.426. The number of esters is 1. The SMILES string of the molecule is CCC(C)(C)C(=O)NCCOC(=O)C(C)=O. The molecule has 0 bridgehead atoms. The number of ketones is 1. The lowest BCUT2D eigenvalue weighted by Gasteiger charge is -2.21. The first-order valence-corrected chi connectivity index (χ1v) is 5.27. The van der Waals surface area contributed by atoms with Crippen molar-refractivity contribution in [3.05, 3.63) is 0 Å². The number of hydrogen-bond acceptors (Lipinski definition) is 4. The van der Waals surface area contributed by atoms with Gasteiger partial charge >= 0.3 is 5.97 Å². The second-order valence-corrected chi connectivity index (χ2v) is 4.19. The number of carbonyl (C=O) groups is 3. The van der Waals surface area contributed by atoms with Crippen LogP contribution in [0, 0.1) is 5.41 Å². The fourth-order valence-corrected chi connectivity index (χ4v) is 0.810. The first-order valence-electron chi connectivity index (χ1n) is 5.27. The predicted octanol–water partition coefficient (Wildman–Crippen LogP) is 0.671. The summed E-state index contributed by atoms with van der Waals surface area (Å²) in [6.07, 6.45) is 0.728. The molecular formula is C11H19NO4. The summed E-state index contributed by atoms with van der Waals surface area (Å²) >= 11 is 0. The maximum absolute atomic E-state index is 11.6. The smallest absolute Gasteiger partial charge is 0.374 e. The van der Waals surface area contributed by atoms with Gasteiger partial charge in [0, 0.05) is 12.3 Å². The highest BCUT2D eigenvalue weighted by Crippen LogP contribution is 2.18. The molecule has 0 fully saturated rings. The third-order valence-electron chi connectivity index (χ3n) is 2.41. The molecule has 1 amide bonds. The lowest BCUT2D eigenvalue weighted by molar-refractivity contribution is -0.153. The fourth-order valence-electron chi connectivity index (χ4n) is 0.810. The summed E-state index contributed by atoms with van der Waals surface area (Å²) < 4.78 is 4.60. The Morgan fingerprint density at radius 3 is 2.25 bits per heavy atom. The molecule has 0 aromatic carbocycles. The van der Waals surface area contributed by atoms with Gasteiger partial charge in [-0.1, -0.05) is 20.8 Å². The lowest BCUT2D eigenvalue weighted by atomic mass is 9.89. The minimum absolute atomic E-state index is 0.0178. The van der Waals surface area contributed by atoms with E-state index in [-0.39, 0.29) is 19.1 Å². The zero-order chi connectivity index (χ0) is 12.8. The second-order valence-electron chi connectivity index (χ2n) is 4.19. The Kier molecular flexibility index (Phi) is 5.71. The number of amides is 1. The molecule has 0 unspecified atom stereocenters. The van der Waals surface area contributed by atoms with Gasteiger partial charge in [0.15, 0.2) is 0 Å². The molecule has 0 saturated carbocycles. The van der Waals surface area contributed by atoms with Crippen molar-refractivity contribution in [3.63, 3.8) is 0 Å². The van der Waals surface area contributed by atoms with Crippen molar-refractivity contribution in [1.29, 1.82) is 0 Å². The van der Waals surface area contributed by atoms with Crippen LogP contribution >= 0.6 is 0 Å². The lowest BCUT2D eigenvalue weighted by Crippen LogP contribution is -2.38. The Balaban J connectivity index is 3.80. The fraction of sp³-hybridized carbons (Fsp3) is 0.727. The summed E-state index contributed by atoms with van der Waals surface area (Å²) in [4.78, 5) is 32.8. The molecule has 0 aromatic rings. The van der Waals surface area contributed by atoms with Crippen molar-refractivity contribution in [3.8, 4) is 0 Å². The van der Waals surface area contributed by atoms with E-state index in [1.165, 1.54) is 0 Å². The van der Waals surface area contributed by atoms with Gasteiger partial charge < -0.3 is 10.1 Å². The van der Waals surface area contributed by atoms with Gasteiger partial charge in [0.05, 0.1) is 6.54 Å². The zero-order valence-electron chi connectivity index (χ0n) is 10.3. The van der Waals surface area contributed by atoms with Crippen molar-refractivity contribution in [2.45, 2.75) is 34.1 Å². The number of nitrogens with one attached hydrogen (secondary N) is 1. The molecule has 0 aliphatic heterocycles. The van der Waals surface area contributed by atoms with E-state index in [4.69, 9.17) is 0 Å². The van der Waals surface area contributed by atoms with Crippen LogP contribution in [-0.4, -0.2) is 30.8 Å². The van der Waals surface area contributed by atoms with Crippen molar-refractivity contribution in [2.75, 3.05) is 13.2 Å². The molecule has 0 rings (SSSR count). The van der Waals surface area contributed by atoms with Crippen LogP contribution in [0.4, 0.5) is 0 Å². The minimum Gasteiger partial charge on any atom is -0.458 e. The third kappa shape index (κ3) is 4.91. The highest BCUT2D eigenvalue weighted by molar-refractivity contribution is 6.32. The molecule has 5 heteroatoms. The minimum atomic E-state index is -0.871. The Morgan fingerprint density at radius 2 is 1.81 bits per heavy atom. The first-order chi connectivity index (χ1) is 7.31. The standard InChI is InChI=1S/C11H19NO4/c1-5-11(3,4)10(15)12-6-7-16-9(14)8(2)13/h5-7H2,1-4H3,(H,12,15). The zero-order valence-corrected chi connectivity index (χ0v) is 10.3. The Hall–Kier alpha value is -1.39. The van der Waals surface area contributed by atoms with Crippen LogP contribution in [0.2, 0.25) is 0 Å². The molecule has 0 radical (unpaired) electrons. The molecule has 0 atom stereocenters. The maximum atomic E-state index is 11.6. The van der Waals surface area contributed by atoms with Crippen LogP contribution in [0.1, 0.15) is 34.1 Å². The summed E-state index contributed by atoms with van der Waals surface area (Å²) in [5, 5.41) is 2.64. The summed E-state index contributed by atoms with van der Waals surface area (Å²) in [6.45, 7) is 6.98. The van der Waals surface area contributed by atoms with E-state index < -0.39 is 17.2 Å². The molecule has 0 saturated heterocycles. The Morgan fingerprint density at radius 1 is 1.25 bits per heavy atom. The number of rotatable bonds is 6. The van der Waals surface area contributed by atoms with E-state index in [9.17, 15) is 14.4 Å². The van der Waals surface area contributed by atoms with Crippen LogP contribution in [0.25, 0.3) is 0 Å². The van der Waals surface area contributed by atoms with Gasteiger partial charge in [-0.15, -0.1) is 0 Å². The summed E-state index contributed by atoms with van der Waals surface area (Å²) in [6, 6.07) is 0. The van der Waals surface area contributed by atoms with E-state index in [1.807, 2.05) is 20.8 Å². The van der Waals surface area contributed by atoms with Crippen LogP contribution in [0.15, 0.2) is 0 Å². The highest BCUT2D eigenvalue weighted by Gasteiger charge is 2.24. The third-order valence-corrected chi connectivity index (χ3v) is 2.41. The highest BCUT2D eigenvalue weighted by atomic mass is 16.5. The summed E-state index contributed by atoms with van der Waals surface area (Å²) in [7, 11) is 0. The molecule has 0 aromatic heterocycles. The van der Waals surface area contributed by atoms with E-state index in [0.717, 1.165) is 13.3 Å². The van der Waals surface area contributed by atoms with Crippen LogP contribution in [0.5, 0.6) is 0 Å². The predicted molar refractivity (Wildman–Crippen MR) is 58.7 cm³/mol.